The van der Waals surface area contributed by atoms with Gasteiger partial charge in [-0.05, 0) is 6.07 Å². The van der Waals surface area contributed by atoms with E-state index in [1.165, 1.54) is 0 Å². The molecular weight excluding hydrogens is 270 g/mol. The molecule has 2 aromatic rings. The third kappa shape index (κ3) is 2.33. The minimum Gasteiger partial charge on any atom is -0.493 e. The monoisotopic (exact) mass is 283 g/mol. The van der Waals surface area contributed by atoms with E-state index in [-0.39, 0.29) is 5.70 Å². The van der Waals surface area contributed by atoms with Crippen molar-refractivity contribution < 1.29 is 14.4 Å². The second-order valence-electron chi connectivity index (χ2n) is 4.61. The summed E-state index contributed by atoms with van der Waals surface area (Å²) in [6.45, 7) is 0. The largest absolute Gasteiger partial charge is 0.493 e. The van der Waals surface area contributed by atoms with Gasteiger partial charge in [0.25, 0.3) is 5.70 Å². The lowest BCUT2D eigenvalue weighted by atomic mass is 10.0. The van der Waals surface area contributed by atoms with Crippen molar-refractivity contribution >= 4 is 6.08 Å². The van der Waals surface area contributed by atoms with Crippen LogP contribution in [0.15, 0.2) is 54.2 Å². The lowest BCUT2D eigenvalue weighted by Crippen LogP contribution is -2.20. The molecule has 0 N–H and O–H groups in total. The highest BCUT2D eigenvalue weighted by molar-refractivity contribution is 5.66. The fraction of sp³-hybridized carbons (Fsp3) is 0.125. The number of methoxy groups -OCH3 is 1. The van der Waals surface area contributed by atoms with Crippen molar-refractivity contribution in [2.75, 3.05) is 7.11 Å². The Balaban J connectivity index is 2.13. The van der Waals surface area contributed by atoms with Gasteiger partial charge in [0.1, 0.15) is 0 Å². The predicted octanol–water partition coefficient (Wildman–Crippen LogP) is 3.45. The van der Waals surface area contributed by atoms with Gasteiger partial charge in [-0.3, -0.25) is 10.1 Å². The van der Waals surface area contributed by atoms with Gasteiger partial charge in [0.05, 0.1) is 12.0 Å². The summed E-state index contributed by atoms with van der Waals surface area (Å²) in [7, 11) is 1.54. The summed E-state index contributed by atoms with van der Waals surface area (Å²) in [6.07, 6.45) is 0.795. The molecule has 0 spiro atoms. The second kappa shape index (κ2) is 5.28. The number of nitro groups is 1. The molecule has 1 atom stereocenters. The molecule has 0 amide bonds. The Hall–Kier alpha value is -2.82. The Kier molecular flexibility index (Phi) is 3.31. The third-order valence-electron chi connectivity index (χ3n) is 3.35. The highest BCUT2D eigenvalue weighted by atomic mass is 16.6. The summed E-state index contributed by atoms with van der Waals surface area (Å²) in [4.78, 5) is 10.9. The Labute approximate surface area is 121 Å². The third-order valence-corrected chi connectivity index (χ3v) is 3.35. The van der Waals surface area contributed by atoms with Gasteiger partial charge in [0, 0.05) is 17.2 Å². The number of benzene rings is 2. The maximum atomic E-state index is 11.3. The molecule has 0 saturated heterocycles. The zero-order valence-electron chi connectivity index (χ0n) is 11.4. The van der Waals surface area contributed by atoms with Crippen LogP contribution in [0.3, 0.4) is 0 Å². The zero-order valence-corrected chi connectivity index (χ0v) is 11.4. The Morgan fingerprint density at radius 1 is 1.14 bits per heavy atom. The first-order valence-electron chi connectivity index (χ1n) is 6.45. The van der Waals surface area contributed by atoms with Gasteiger partial charge in [-0.1, -0.05) is 42.5 Å². The van der Waals surface area contributed by atoms with Crippen molar-refractivity contribution in [3.63, 3.8) is 0 Å². The van der Waals surface area contributed by atoms with Gasteiger partial charge in [0.15, 0.2) is 11.5 Å². The summed E-state index contributed by atoms with van der Waals surface area (Å²) in [5, 5.41) is 11.3. The lowest BCUT2D eigenvalue weighted by molar-refractivity contribution is -0.434. The van der Waals surface area contributed by atoms with E-state index in [4.69, 9.17) is 9.47 Å². The number of nitrogens with zero attached hydrogens (tertiary/aromatic N) is 1. The topological polar surface area (TPSA) is 61.6 Å². The minimum absolute atomic E-state index is 0.0157. The van der Waals surface area contributed by atoms with E-state index in [1.54, 1.807) is 31.4 Å². The first-order chi connectivity index (χ1) is 10.2. The first kappa shape index (κ1) is 13.2. The average molecular weight is 283 g/mol. The van der Waals surface area contributed by atoms with Gasteiger partial charge >= 0.3 is 0 Å². The minimum atomic E-state index is -0.745. The molecule has 1 aliphatic rings. The molecule has 0 fully saturated rings. The molecular formula is C16H13NO4. The van der Waals surface area contributed by atoms with Crippen LogP contribution in [0.5, 0.6) is 11.5 Å². The van der Waals surface area contributed by atoms with Crippen LogP contribution in [0.2, 0.25) is 0 Å². The van der Waals surface area contributed by atoms with E-state index in [2.05, 4.69) is 0 Å². The molecule has 0 aromatic heterocycles. The van der Waals surface area contributed by atoms with E-state index in [1.807, 2.05) is 30.3 Å². The van der Waals surface area contributed by atoms with Gasteiger partial charge in [-0.25, -0.2) is 0 Å². The molecule has 0 unspecified atom stereocenters. The molecule has 21 heavy (non-hydrogen) atoms. The summed E-state index contributed by atoms with van der Waals surface area (Å²) >= 11 is 0. The van der Waals surface area contributed by atoms with Crippen molar-refractivity contribution in [2.24, 2.45) is 0 Å². The van der Waals surface area contributed by atoms with E-state index >= 15 is 0 Å². The number of para-hydroxylation sites is 1. The van der Waals surface area contributed by atoms with Crippen molar-refractivity contribution in [1.29, 1.82) is 0 Å². The molecule has 5 nitrogen and oxygen atoms in total. The maximum absolute atomic E-state index is 11.3. The number of hydrogen-bond donors (Lipinski definition) is 0. The van der Waals surface area contributed by atoms with Crippen LogP contribution in [-0.2, 0) is 0 Å². The van der Waals surface area contributed by atoms with E-state index in [0.29, 0.717) is 17.1 Å². The standard InChI is InChI=1S/C16H13NO4/c1-20-14-9-5-8-12-10-13(17(18)19)15(21-16(12)14)11-6-3-2-4-7-11/h2-10,15H,1H3/t15-/m1/s1. The Morgan fingerprint density at radius 3 is 2.57 bits per heavy atom. The van der Waals surface area contributed by atoms with Crippen LogP contribution in [-0.4, -0.2) is 12.0 Å². The van der Waals surface area contributed by atoms with Crippen LogP contribution >= 0.6 is 0 Å². The summed E-state index contributed by atoms with van der Waals surface area (Å²) in [6, 6.07) is 14.4. The van der Waals surface area contributed by atoms with Crippen LogP contribution < -0.4 is 9.47 Å². The number of hydrogen-bond acceptors (Lipinski definition) is 4. The van der Waals surface area contributed by atoms with E-state index < -0.39 is 11.0 Å². The average Bonchev–Trinajstić information content (AvgIpc) is 2.53. The molecule has 0 aliphatic carbocycles. The van der Waals surface area contributed by atoms with E-state index in [0.717, 1.165) is 5.56 Å². The molecule has 1 aliphatic heterocycles. The van der Waals surface area contributed by atoms with Crippen molar-refractivity contribution in [2.45, 2.75) is 6.10 Å². The van der Waals surface area contributed by atoms with Crippen LogP contribution in [0.1, 0.15) is 17.2 Å². The van der Waals surface area contributed by atoms with Crippen LogP contribution in [0, 0.1) is 10.1 Å². The van der Waals surface area contributed by atoms with Crippen molar-refractivity contribution in [3.05, 3.63) is 75.5 Å². The SMILES string of the molecule is COc1cccc2c1O[C@H](c1ccccc1)C([N+](=O)[O-])=C2. The van der Waals surface area contributed by atoms with Crippen molar-refractivity contribution in [1.82, 2.24) is 0 Å². The lowest BCUT2D eigenvalue weighted by Gasteiger charge is -2.24. The van der Waals surface area contributed by atoms with Crippen LogP contribution in [0.4, 0.5) is 0 Å². The number of fused-ring (bicyclic) bond motifs is 1. The smallest absolute Gasteiger partial charge is 0.291 e. The molecule has 2 aromatic carbocycles. The molecule has 0 radical (unpaired) electrons. The fourth-order valence-electron chi connectivity index (χ4n) is 2.36. The van der Waals surface area contributed by atoms with E-state index in [9.17, 15) is 10.1 Å². The first-order valence-corrected chi connectivity index (χ1v) is 6.45. The number of ether oxygens (including phenoxy) is 2. The zero-order chi connectivity index (χ0) is 14.8. The predicted molar refractivity (Wildman–Crippen MR) is 77.8 cm³/mol. The summed E-state index contributed by atoms with van der Waals surface area (Å²) in [5.74, 6) is 1.09. The van der Waals surface area contributed by atoms with Gasteiger partial charge < -0.3 is 9.47 Å². The Bertz CT molecular complexity index is 709. The highest BCUT2D eigenvalue weighted by Crippen LogP contribution is 2.42. The number of rotatable bonds is 3. The molecule has 5 heteroatoms. The highest BCUT2D eigenvalue weighted by Gasteiger charge is 2.34. The van der Waals surface area contributed by atoms with Gasteiger partial charge in [-0.15, -0.1) is 0 Å². The van der Waals surface area contributed by atoms with Gasteiger partial charge in [-0.2, -0.15) is 0 Å². The fourth-order valence-corrected chi connectivity index (χ4v) is 2.36. The maximum Gasteiger partial charge on any atom is 0.291 e. The molecule has 0 bridgehead atoms. The van der Waals surface area contributed by atoms with Gasteiger partial charge in [0.2, 0.25) is 6.10 Å². The normalized spacial score (nSPS) is 16.4. The molecule has 106 valence electrons. The summed E-state index contributed by atoms with van der Waals surface area (Å²) < 4.78 is 11.1. The van der Waals surface area contributed by atoms with Crippen molar-refractivity contribution in [3.8, 4) is 11.5 Å². The Morgan fingerprint density at radius 2 is 1.90 bits per heavy atom. The molecule has 1 heterocycles. The second-order valence-corrected chi connectivity index (χ2v) is 4.61. The molecule has 3 rings (SSSR count). The summed E-state index contributed by atoms with van der Waals surface area (Å²) in [5.41, 5.74) is 1.40. The quantitative estimate of drug-likeness (QED) is 0.639. The molecule has 0 saturated carbocycles. The van der Waals surface area contributed by atoms with Crippen LogP contribution in [0.25, 0.3) is 6.08 Å².